The summed E-state index contributed by atoms with van der Waals surface area (Å²) in [5.74, 6) is 1.94. The fourth-order valence-corrected chi connectivity index (χ4v) is 3.33. The van der Waals surface area contributed by atoms with Crippen LogP contribution in [0, 0.1) is 0 Å². The molecule has 154 valence electrons. The van der Waals surface area contributed by atoms with Crippen LogP contribution in [0.1, 0.15) is 16.7 Å². The summed E-state index contributed by atoms with van der Waals surface area (Å²) in [6.07, 6.45) is 1.61. The van der Waals surface area contributed by atoms with E-state index in [1.165, 1.54) is 17.3 Å². The fourth-order valence-electron chi connectivity index (χ4n) is 2.59. The van der Waals surface area contributed by atoms with E-state index < -0.39 is 0 Å². The van der Waals surface area contributed by atoms with E-state index in [1.807, 2.05) is 72.8 Å². The highest BCUT2D eigenvalue weighted by Crippen LogP contribution is 2.31. The molecule has 0 unspecified atom stereocenters. The van der Waals surface area contributed by atoms with Crippen molar-refractivity contribution in [3.63, 3.8) is 0 Å². The normalized spacial score (nSPS) is 11.6. The number of thioether (sulfide) groups is 1. The van der Waals surface area contributed by atoms with E-state index in [-0.39, 0.29) is 0 Å². The Morgan fingerprint density at radius 1 is 1.00 bits per heavy atom. The molecule has 2 N–H and O–H groups in total. The lowest BCUT2D eigenvalue weighted by molar-refractivity contribution is 0.284. The summed E-state index contributed by atoms with van der Waals surface area (Å²) in [7, 11) is 1.60. The Hall–Kier alpha value is -2.96. The van der Waals surface area contributed by atoms with Gasteiger partial charge in [-0.25, -0.2) is 0 Å². The van der Waals surface area contributed by atoms with Crippen molar-refractivity contribution in [1.29, 1.82) is 0 Å². The Kier molecular flexibility index (Phi) is 8.18. The number of hydrogen-bond acceptors (Lipinski definition) is 5. The van der Waals surface area contributed by atoms with Gasteiger partial charge in [0.05, 0.1) is 13.3 Å². The van der Waals surface area contributed by atoms with Gasteiger partial charge in [-0.3, -0.25) is 0 Å². The van der Waals surface area contributed by atoms with Crippen molar-refractivity contribution < 1.29 is 9.47 Å². The van der Waals surface area contributed by atoms with Crippen molar-refractivity contribution in [2.24, 2.45) is 15.9 Å². The molecule has 30 heavy (non-hydrogen) atoms. The fraction of sp³-hybridized carbons (Fsp3) is 0.130. The van der Waals surface area contributed by atoms with E-state index in [0.717, 1.165) is 16.9 Å². The highest BCUT2D eigenvalue weighted by Gasteiger charge is 2.10. The third-order valence-electron chi connectivity index (χ3n) is 4.11. The maximum Gasteiger partial charge on any atom is 0.180 e. The van der Waals surface area contributed by atoms with Gasteiger partial charge in [-0.1, -0.05) is 71.9 Å². The molecule has 0 aliphatic rings. The van der Waals surface area contributed by atoms with Crippen LogP contribution in [-0.4, -0.2) is 18.5 Å². The van der Waals surface area contributed by atoms with E-state index in [9.17, 15) is 0 Å². The van der Waals surface area contributed by atoms with E-state index in [4.69, 9.17) is 26.8 Å². The monoisotopic (exact) mass is 439 g/mol. The Morgan fingerprint density at radius 3 is 2.50 bits per heavy atom. The lowest BCUT2D eigenvalue weighted by atomic mass is 10.2. The minimum Gasteiger partial charge on any atom is -0.493 e. The summed E-state index contributed by atoms with van der Waals surface area (Å²) in [4.78, 5) is 0. The second kappa shape index (κ2) is 11.3. The topological polar surface area (TPSA) is 69.2 Å². The zero-order valence-electron chi connectivity index (χ0n) is 16.5. The Labute approximate surface area is 185 Å². The van der Waals surface area contributed by atoms with Gasteiger partial charge in [0.1, 0.15) is 6.61 Å². The summed E-state index contributed by atoms with van der Waals surface area (Å²) in [6, 6.07) is 23.1. The molecule has 0 saturated heterocycles. The molecule has 0 radical (unpaired) electrons. The van der Waals surface area contributed by atoms with Crippen molar-refractivity contribution in [1.82, 2.24) is 0 Å². The number of amidine groups is 1. The zero-order valence-corrected chi connectivity index (χ0v) is 18.1. The number of halogens is 1. The van der Waals surface area contributed by atoms with Crippen molar-refractivity contribution in [3.8, 4) is 11.5 Å². The molecule has 3 aromatic rings. The third kappa shape index (κ3) is 6.54. The van der Waals surface area contributed by atoms with E-state index in [0.29, 0.717) is 28.3 Å². The van der Waals surface area contributed by atoms with Gasteiger partial charge >= 0.3 is 0 Å². The third-order valence-corrected chi connectivity index (χ3v) is 5.22. The Morgan fingerprint density at radius 2 is 1.77 bits per heavy atom. The SMILES string of the molecule is COc1cccc(C=NN=C(N)SCc2ccccc2)c1OCc1ccc(Cl)cc1. The van der Waals surface area contributed by atoms with Crippen molar-refractivity contribution >= 4 is 34.7 Å². The lowest BCUT2D eigenvalue weighted by Gasteiger charge is -2.13. The minimum absolute atomic E-state index is 0.372. The lowest BCUT2D eigenvalue weighted by Crippen LogP contribution is -2.06. The predicted molar refractivity (Wildman–Crippen MR) is 126 cm³/mol. The number of hydrogen-bond donors (Lipinski definition) is 1. The first kappa shape index (κ1) is 21.7. The Balaban J connectivity index is 1.67. The zero-order chi connectivity index (χ0) is 21.2. The van der Waals surface area contributed by atoms with Crippen molar-refractivity contribution in [2.45, 2.75) is 12.4 Å². The second-order valence-electron chi connectivity index (χ2n) is 6.25. The minimum atomic E-state index is 0.372. The molecule has 0 spiro atoms. The van der Waals surface area contributed by atoms with Gasteiger partial charge < -0.3 is 15.2 Å². The summed E-state index contributed by atoms with van der Waals surface area (Å²) in [5.41, 5.74) is 8.87. The van der Waals surface area contributed by atoms with Crippen LogP contribution in [0.5, 0.6) is 11.5 Å². The van der Waals surface area contributed by atoms with Gasteiger partial charge in [0.15, 0.2) is 16.7 Å². The standard InChI is InChI=1S/C23H22ClN3O2S/c1-28-21-9-5-8-19(22(21)29-15-17-10-12-20(24)13-11-17)14-26-27-23(25)30-16-18-6-3-2-4-7-18/h2-14H,15-16H2,1H3,(H2,25,27). The molecule has 0 aliphatic carbocycles. The quantitative estimate of drug-likeness (QED) is 0.285. The number of nitrogens with two attached hydrogens (primary N) is 1. The first-order valence-corrected chi connectivity index (χ1v) is 10.6. The van der Waals surface area contributed by atoms with Gasteiger partial charge in [-0.15, -0.1) is 5.10 Å². The van der Waals surface area contributed by atoms with Crippen LogP contribution in [0.15, 0.2) is 83.0 Å². The number of methoxy groups -OCH3 is 1. The molecule has 0 saturated carbocycles. The first-order valence-electron chi connectivity index (χ1n) is 9.23. The molecule has 3 aromatic carbocycles. The van der Waals surface area contributed by atoms with Crippen LogP contribution in [0.4, 0.5) is 0 Å². The molecule has 0 aromatic heterocycles. The predicted octanol–water partition coefficient (Wildman–Crippen LogP) is 5.51. The number of nitrogens with zero attached hydrogens (tertiary/aromatic N) is 2. The summed E-state index contributed by atoms with van der Waals surface area (Å²) in [5, 5.41) is 9.27. The van der Waals surface area contributed by atoms with Crippen LogP contribution in [0.25, 0.3) is 0 Å². The number of rotatable bonds is 8. The number of ether oxygens (including phenoxy) is 2. The van der Waals surface area contributed by atoms with Gasteiger partial charge in [-0.2, -0.15) is 5.10 Å². The Bertz CT molecular complexity index is 1010. The highest BCUT2D eigenvalue weighted by molar-refractivity contribution is 8.13. The van der Waals surface area contributed by atoms with Crippen LogP contribution in [0.3, 0.4) is 0 Å². The van der Waals surface area contributed by atoms with Crippen molar-refractivity contribution in [2.75, 3.05) is 7.11 Å². The maximum absolute atomic E-state index is 6.00. The molecular formula is C23H22ClN3O2S. The van der Waals surface area contributed by atoms with E-state index in [1.54, 1.807) is 13.3 Å². The molecule has 7 heteroatoms. The average molecular weight is 440 g/mol. The number of para-hydroxylation sites is 1. The molecule has 0 bridgehead atoms. The molecule has 0 heterocycles. The van der Waals surface area contributed by atoms with Gasteiger partial charge in [0.25, 0.3) is 0 Å². The van der Waals surface area contributed by atoms with Crippen LogP contribution in [0.2, 0.25) is 5.02 Å². The molecule has 3 rings (SSSR count). The molecule has 5 nitrogen and oxygen atoms in total. The average Bonchev–Trinajstić information content (AvgIpc) is 2.78. The number of benzene rings is 3. The highest BCUT2D eigenvalue weighted by atomic mass is 35.5. The van der Waals surface area contributed by atoms with Crippen LogP contribution in [-0.2, 0) is 12.4 Å². The second-order valence-corrected chi connectivity index (χ2v) is 7.68. The molecule has 0 fully saturated rings. The molecule has 0 amide bonds. The van der Waals surface area contributed by atoms with Crippen LogP contribution >= 0.6 is 23.4 Å². The molecule has 0 aliphatic heterocycles. The largest absolute Gasteiger partial charge is 0.493 e. The van der Waals surface area contributed by atoms with Gasteiger partial charge in [-0.05, 0) is 35.4 Å². The first-order chi connectivity index (χ1) is 14.7. The summed E-state index contributed by atoms with van der Waals surface area (Å²) < 4.78 is 11.4. The van der Waals surface area contributed by atoms with E-state index in [2.05, 4.69) is 10.2 Å². The van der Waals surface area contributed by atoms with E-state index >= 15 is 0 Å². The maximum atomic E-state index is 6.00. The molecular weight excluding hydrogens is 418 g/mol. The summed E-state index contributed by atoms with van der Waals surface area (Å²) in [6.45, 7) is 0.372. The summed E-state index contributed by atoms with van der Waals surface area (Å²) >= 11 is 7.37. The smallest absolute Gasteiger partial charge is 0.180 e. The van der Waals surface area contributed by atoms with Crippen molar-refractivity contribution in [3.05, 3.63) is 94.5 Å². The molecule has 0 atom stereocenters. The van der Waals surface area contributed by atoms with Crippen LogP contribution < -0.4 is 15.2 Å². The van der Waals surface area contributed by atoms with Gasteiger partial charge in [0, 0.05) is 16.3 Å². The van der Waals surface area contributed by atoms with Gasteiger partial charge in [0.2, 0.25) is 0 Å².